The van der Waals surface area contributed by atoms with Gasteiger partial charge in [-0.3, -0.25) is 4.79 Å². The predicted molar refractivity (Wildman–Crippen MR) is 64.4 cm³/mol. The van der Waals surface area contributed by atoms with Crippen LogP contribution in [0.25, 0.3) is 6.08 Å². The first-order valence-corrected chi connectivity index (χ1v) is 6.11. The van der Waals surface area contributed by atoms with Crippen LogP contribution >= 0.6 is 0 Å². The van der Waals surface area contributed by atoms with Crippen LogP contribution in [0, 0.1) is 29.1 Å². The number of allylic oxidation sites excluding steroid dienone is 1. The first kappa shape index (κ1) is 16.3. The zero-order chi connectivity index (χ0) is 15.3. The highest BCUT2D eigenvalue weighted by Gasteiger charge is 2.24. The zero-order valence-corrected chi connectivity index (χ0v) is 10.8. The van der Waals surface area contributed by atoms with Gasteiger partial charge in [-0.25, -0.2) is 22.0 Å². The highest BCUT2D eigenvalue weighted by atomic mass is 19.2. The van der Waals surface area contributed by atoms with Crippen molar-refractivity contribution >= 4 is 12.4 Å². The maximum Gasteiger partial charge on any atom is 0.200 e. The smallest absolute Gasteiger partial charge is 0.200 e. The second-order valence-corrected chi connectivity index (χ2v) is 4.28. The molecule has 6 heteroatoms. The average Bonchev–Trinajstić information content (AvgIpc) is 2.45. The molecule has 1 aromatic carbocycles. The summed E-state index contributed by atoms with van der Waals surface area (Å²) in [6.07, 6.45) is 3.54. The molecule has 0 radical (unpaired) electrons. The first-order valence-electron chi connectivity index (χ1n) is 6.11. The Hall–Kier alpha value is -1.72. The van der Waals surface area contributed by atoms with Crippen molar-refractivity contribution in [1.82, 2.24) is 0 Å². The molecule has 0 saturated carbocycles. The van der Waals surface area contributed by atoms with E-state index in [0.29, 0.717) is 18.8 Å². The molecule has 0 fully saturated rings. The SMILES string of the molecule is CCCCC/C(C=O)=C\c1c(F)c(F)c(F)c(F)c1F. The molecule has 20 heavy (non-hydrogen) atoms. The molecule has 1 rings (SSSR count). The Bertz CT molecular complexity index is 508. The molecule has 0 aliphatic carbocycles. The van der Waals surface area contributed by atoms with Gasteiger partial charge in [0.05, 0.1) is 5.56 Å². The lowest BCUT2D eigenvalue weighted by Gasteiger charge is -2.06. The maximum absolute atomic E-state index is 13.4. The molecule has 0 saturated heterocycles. The number of carbonyl (C=O) groups is 1. The predicted octanol–water partition coefficient (Wildman–Crippen LogP) is 4.54. The Morgan fingerprint density at radius 1 is 0.900 bits per heavy atom. The number of hydrogen-bond acceptors (Lipinski definition) is 1. The van der Waals surface area contributed by atoms with Crippen LogP contribution in [0.2, 0.25) is 0 Å². The topological polar surface area (TPSA) is 17.1 Å². The van der Waals surface area contributed by atoms with Crippen LogP contribution in [-0.4, -0.2) is 6.29 Å². The molecule has 110 valence electrons. The third-order valence-corrected chi connectivity index (χ3v) is 2.79. The van der Waals surface area contributed by atoms with Gasteiger partial charge in [-0.05, 0) is 24.5 Å². The molecule has 0 unspecified atom stereocenters. The van der Waals surface area contributed by atoms with E-state index in [4.69, 9.17) is 0 Å². The van der Waals surface area contributed by atoms with Crippen LogP contribution in [0.15, 0.2) is 5.57 Å². The van der Waals surface area contributed by atoms with E-state index in [2.05, 4.69) is 0 Å². The zero-order valence-electron chi connectivity index (χ0n) is 10.8. The second-order valence-electron chi connectivity index (χ2n) is 4.28. The van der Waals surface area contributed by atoms with E-state index in [1.165, 1.54) is 0 Å². The summed E-state index contributed by atoms with van der Waals surface area (Å²) in [5.74, 6) is -10.1. The van der Waals surface area contributed by atoms with Crippen molar-refractivity contribution in [3.8, 4) is 0 Å². The van der Waals surface area contributed by atoms with Gasteiger partial charge in [0.25, 0.3) is 0 Å². The number of hydrogen-bond donors (Lipinski definition) is 0. The summed E-state index contributed by atoms with van der Waals surface area (Å²) in [4.78, 5) is 10.8. The minimum absolute atomic E-state index is 0.0124. The molecule has 0 aromatic heterocycles. The minimum atomic E-state index is -2.21. The first-order chi connectivity index (χ1) is 9.43. The van der Waals surface area contributed by atoms with E-state index in [0.717, 1.165) is 12.8 Å². The molecule has 0 atom stereocenters. The van der Waals surface area contributed by atoms with Crippen LogP contribution in [0.3, 0.4) is 0 Å². The minimum Gasteiger partial charge on any atom is -0.298 e. The number of unbranched alkanes of at least 4 members (excludes halogenated alkanes) is 2. The van der Waals surface area contributed by atoms with Gasteiger partial charge in [0, 0.05) is 0 Å². The van der Waals surface area contributed by atoms with Gasteiger partial charge in [0.15, 0.2) is 23.3 Å². The summed E-state index contributed by atoms with van der Waals surface area (Å²) in [7, 11) is 0. The summed E-state index contributed by atoms with van der Waals surface area (Å²) in [6.45, 7) is 1.92. The van der Waals surface area contributed by atoms with Crippen molar-refractivity contribution in [2.45, 2.75) is 32.6 Å². The van der Waals surface area contributed by atoms with Gasteiger partial charge in [-0.2, -0.15) is 0 Å². The summed E-state index contributed by atoms with van der Waals surface area (Å²) in [5.41, 5.74) is -1.10. The molecule has 1 nitrogen and oxygen atoms in total. The van der Waals surface area contributed by atoms with Crippen molar-refractivity contribution in [2.24, 2.45) is 0 Å². The van der Waals surface area contributed by atoms with Crippen LogP contribution in [-0.2, 0) is 4.79 Å². The van der Waals surface area contributed by atoms with Gasteiger partial charge in [0.2, 0.25) is 5.82 Å². The van der Waals surface area contributed by atoms with Gasteiger partial charge >= 0.3 is 0 Å². The number of rotatable bonds is 6. The lowest BCUT2D eigenvalue weighted by Crippen LogP contribution is -2.04. The Balaban J connectivity index is 3.21. The standard InChI is InChI=1S/C14H13F5O/c1-2-3-4-5-8(7-20)6-9-10(15)12(17)14(19)13(18)11(9)16/h6-7H,2-5H2,1H3/b8-6+. The van der Waals surface area contributed by atoms with Crippen molar-refractivity contribution in [3.63, 3.8) is 0 Å². The highest BCUT2D eigenvalue weighted by molar-refractivity contribution is 5.81. The molecule has 0 amide bonds. The summed E-state index contributed by atoms with van der Waals surface area (Å²) < 4.78 is 65.6. The van der Waals surface area contributed by atoms with Crippen molar-refractivity contribution in [3.05, 3.63) is 40.2 Å². The number of halogens is 5. The summed E-state index contributed by atoms with van der Waals surface area (Å²) >= 11 is 0. The van der Waals surface area contributed by atoms with Crippen molar-refractivity contribution < 1.29 is 26.7 Å². The number of carbonyl (C=O) groups excluding carboxylic acids is 1. The van der Waals surface area contributed by atoms with E-state index in [-0.39, 0.29) is 12.0 Å². The fraction of sp³-hybridized carbons (Fsp3) is 0.357. The lowest BCUT2D eigenvalue weighted by molar-refractivity contribution is -0.105. The van der Waals surface area contributed by atoms with Gasteiger partial charge in [0.1, 0.15) is 6.29 Å². The summed E-state index contributed by atoms with van der Waals surface area (Å²) in [5, 5.41) is 0. The van der Waals surface area contributed by atoms with E-state index >= 15 is 0 Å². The Morgan fingerprint density at radius 3 is 1.85 bits per heavy atom. The fourth-order valence-corrected chi connectivity index (χ4v) is 1.68. The summed E-state index contributed by atoms with van der Waals surface area (Å²) in [6, 6.07) is 0. The van der Waals surface area contributed by atoms with Crippen molar-refractivity contribution in [1.29, 1.82) is 0 Å². The van der Waals surface area contributed by atoms with Crippen molar-refractivity contribution in [2.75, 3.05) is 0 Å². The van der Waals surface area contributed by atoms with Gasteiger partial charge in [-0.15, -0.1) is 0 Å². The number of aldehydes is 1. The van der Waals surface area contributed by atoms with E-state index in [1.54, 1.807) is 0 Å². The van der Waals surface area contributed by atoms with E-state index < -0.39 is 34.6 Å². The molecule has 0 aliphatic heterocycles. The van der Waals surface area contributed by atoms with Crippen LogP contribution in [0.4, 0.5) is 22.0 Å². The lowest BCUT2D eigenvalue weighted by atomic mass is 10.0. The molecular weight excluding hydrogens is 279 g/mol. The molecular formula is C14H13F5O. The third kappa shape index (κ3) is 3.43. The Labute approximate surface area is 113 Å². The van der Waals surface area contributed by atoms with Crippen LogP contribution in [0.1, 0.15) is 38.2 Å². The second kappa shape index (κ2) is 7.17. The Morgan fingerprint density at radius 2 is 1.40 bits per heavy atom. The van der Waals surface area contributed by atoms with Gasteiger partial charge < -0.3 is 0 Å². The molecule has 0 heterocycles. The maximum atomic E-state index is 13.4. The van der Waals surface area contributed by atoms with E-state index in [1.807, 2.05) is 6.92 Å². The largest absolute Gasteiger partial charge is 0.298 e. The molecule has 1 aromatic rings. The quantitative estimate of drug-likeness (QED) is 0.188. The normalized spacial score (nSPS) is 11.8. The van der Waals surface area contributed by atoms with Crippen LogP contribution in [0.5, 0.6) is 0 Å². The average molecular weight is 292 g/mol. The van der Waals surface area contributed by atoms with E-state index in [9.17, 15) is 26.7 Å². The Kier molecular flexibility index (Phi) is 5.85. The molecule has 0 N–H and O–H groups in total. The highest BCUT2D eigenvalue weighted by Crippen LogP contribution is 2.25. The van der Waals surface area contributed by atoms with Crippen LogP contribution < -0.4 is 0 Å². The molecule has 0 aliphatic rings. The monoisotopic (exact) mass is 292 g/mol. The third-order valence-electron chi connectivity index (χ3n) is 2.79. The fourth-order valence-electron chi connectivity index (χ4n) is 1.68. The van der Waals surface area contributed by atoms with Gasteiger partial charge in [-0.1, -0.05) is 19.8 Å². The number of benzene rings is 1. The molecule has 0 bridgehead atoms. The molecule has 0 spiro atoms.